The second-order valence-corrected chi connectivity index (χ2v) is 8.35. The number of amides is 1. The molecule has 1 atom stereocenters. The van der Waals surface area contributed by atoms with Crippen LogP contribution in [-0.4, -0.2) is 34.2 Å². The van der Waals surface area contributed by atoms with Crippen LogP contribution < -0.4 is 14.6 Å². The summed E-state index contributed by atoms with van der Waals surface area (Å²) >= 11 is 6.21. The summed E-state index contributed by atoms with van der Waals surface area (Å²) in [5.41, 5.74) is 2.92. The van der Waals surface area contributed by atoms with E-state index < -0.39 is 17.9 Å². The monoisotopic (exact) mass is 442 g/mol. The Balaban J connectivity index is 1.79. The number of methoxy groups -OCH3 is 1. The lowest BCUT2D eigenvalue weighted by atomic mass is 10.1. The second-order valence-electron chi connectivity index (χ2n) is 6.67. The maximum Gasteiger partial charge on any atom is 0.266 e. The quantitative estimate of drug-likeness (QED) is 0.482. The van der Waals surface area contributed by atoms with E-state index >= 15 is 0 Å². The van der Waals surface area contributed by atoms with E-state index in [0.717, 1.165) is 27.8 Å². The van der Waals surface area contributed by atoms with Crippen molar-refractivity contribution in [2.45, 2.75) is 26.5 Å². The number of thioether (sulfide) groups is 1. The minimum absolute atomic E-state index is 0.188. The topological polar surface area (TPSA) is 78.9 Å². The predicted molar refractivity (Wildman–Crippen MR) is 118 cm³/mol. The molecule has 8 heteroatoms. The number of benzene rings is 2. The summed E-state index contributed by atoms with van der Waals surface area (Å²) in [6.07, 6.45) is 1.65. The van der Waals surface area contributed by atoms with E-state index in [1.165, 1.54) is 6.92 Å². The molecule has 0 aliphatic carbocycles. The summed E-state index contributed by atoms with van der Waals surface area (Å²) in [5, 5.41) is 11.1. The van der Waals surface area contributed by atoms with Crippen molar-refractivity contribution in [1.29, 1.82) is 0 Å². The van der Waals surface area contributed by atoms with Gasteiger partial charge < -0.3 is 19.4 Å². The zero-order valence-corrected chi connectivity index (χ0v) is 18.3. The summed E-state index contributed by atoms with van der Waals surface area (Å²) in [6.45, 7) is 3.80. The highest BCUT2D eigenvalue weighted by Gasteiger charge is 2.35. The lowest BCUT2D eigenvalue weighted by Crippen LogP contribution is -2.48. The molecule has 1 saturated heterocycles. The molecule has 1 amide bonds. The van der Waals surface area contributed by atoms with E-state index in [9.17, 15) is 14.7 Å². The fourth-order valence-electron chi connectivity index (χ4n) is 2.89. The third-order valence-corrected chi connectivity index (χ3v) is 6.01. The van der Waals surface area contributed by atoms with E-state index in [1.807, 2.05) is 31.2 Å². The normalized spacial score (nSPS) is 16.1. The Morgan fingerprint density at radius 2 is 2.00 bits per heavy atom. The molecule has 1 heterocycles. The predicted octanol–water partition coefficient (Wildman–Crippen LogP) is 2.92. The number of ether oxygens (including phenoxy) is 2. The van der Waals surface area contributed by atoms with Crippen LogP contribution in [0.5, 0.6) is 11.5 Å². The van der Waals surface area contributed by atoms with Crippen LogP contribution >= 0.6 is 24.0 Å². The number of nitrogens with zero attached hydrogens (tertiary/aromatic N) is 1. The van der Waals surface area contributed by atoms with Crippen molar-refractivity contribution >= 4 is 46.3 Å². The summed E-state index contributed by atoms with van der Waals surface area (Å²) in [6, 6.07) is 12.2. The molecular weight excluding hydrogens is 422 g/mol. The number of aryl methyl sites for hydroxylation is 1. The Morgan fingerprint density at radius 3 is 2.67 bits per heavy atom. The third kappa shape index (κ3) is 4.66. The molecule has 0 bridgehead atoms. The van der Waals surface area contributed by atoms with Crippen LogP contribution in [0.25, 0.3) is 6.08 Å². The van der Waals surface area contributed by atoms with Crippen molar-refractivity contribution in [3.05, 3.63) is 64.1 Å². The van der Waals surface area contributed by atoms with Gasteiger partial charge in [-0.25, -0.2) is 0 Å². The zero-order valence-electron chi connectivity index (χ0n) is 16.7. The van der Waals surface area contributed by atoms with Gasteiger partial charge in [-0.05, 0) is 48.7 Å². The molecule has 1 unspecified atom stereocenters. The molecule has 6 nitrogen and oxygen atoms in total. The van der Waals surface area contributed by atoms with Crippen LogP contribution in [0.2, 0.25) is 0 Å². The van der Waals surface area contributed by atoms with Crippen LogP contribution in [0, 0.1) is 6.92 Å². The van der Waals surface area contributed by atoms with Crippen molar-refractivity contribution in [2.24, 2.45) is 0 Å². The Bertz CT molecular complexity index is 1030. The molecule has 0 N–H and O–H groups in total. The zero-order chi connectivity index (χ0) is 21.8. The van der Waals surface area contributed by atoms with Crippen LogP contribution in [0.1, 0.15) is 23.6 Å². The van der Waals surface area contributed by atoms with Gasteiger partial charge >= 0.3 is 0 Å². The van der Waals surface area contributed by atoms with Gasteiger partial charge in [0.2, 0.25) is 0 Å². The molecule has 1 fully saturated rings. The standard InChI is InChI=1S/C22H21NO5S2/c1-13-6-4-5-7-16(13)12-28-17-9-8-15(10-18(17)27-3)11-19-20(24)23(22(29)30-19)14(2)21(25)26/h4-11,14H,12H2,1-3H3,(H,25,26)/p-1. The van der Waals surface area contributed by atoms with Gasteiger partial charge in [0.15, 0.2) is 11.5 Å². The molecule has 0 saturated carbocycles. The summed E-state index contributed by atoms with van der Waals surface area (Å²) < 4.78 is 11.5. The number of aliphatic carboxylic acids is 1. The fourth-order valence-corrected chi connectivity index (χ4v) is 4.31. The Labute approximate surface area is 184 Å². The average Bonchev–Trinajstić information content (AvgIpc) is 3.00. The Kier molecular flexibility index (Phi) is 6.79. The Morgan fingerprint density at radius 1 is 1.27 bits per heavy atom. The maximum atomic E-state index is 12.6. The van der Waals surface area contributed by atoms with Crippen LogP contribution in [0.4, 0.5) is 0 Å². The molecule has 2 aromatic rings. The highest BCUT2D eigenvalue weighted by molar-refractivity contribution is 8.26. The first-order valence-electron chi connectivity index (χ1n) is 9.15. The van der Waals surface area contributed by atoms with Gasteiger partial charge in [-0.3, -0.25) is 9.69 Å². The first-order valence-corrected chi connectivity index (χ1v) is 10.4. The lowest BCUT2D eigenvalue weighted by molar-refractivity contribution is -0.309. The van der Waals surface area contributed by atoms with E-state index in [-0.39, 0.29) is 4.32 Å². The summed E-state index contributed by atoms with van der Waals surface area (Å²) in [5.74, 6) is -0.711. The molecular formula is C22H20NO5S2-. The number of carbonyl (C=O) groups excluding carboxylic acids is 2. The van der Waals surface area contributed by atoms with Crippen LogP contribution in [0.3, 0.4) is 0 Å². The minimum Gasteiger partial charge on any atom is -0.548 e. The van der Waals surface area contributed by atoms with Gasteiger partial charge in [0.05, 0.1) is 24.0 Å². The second kappa shape index (κ2) is 9.32. The molecule has 1 aliphatic rings. The number of rotatable bonds is 7. The molecule has 1 aliphatic heterocycles. The van der Waals surface area contributed by atoms with E-state index in [2.05, 4.69) is 0 Å². The number of hydrogen-bond donors (Lipinski definition) is 0. The van der Waals surface area contributed by atoms with Crippen molar-refractivity contribution in [1.82, 2.24) is 4.90 Å². The van der Waals surface area contributed by atoms with Gasteiger partial charge in [-0.15, -0.1) is 0 Å². The van der Waals surface area contributed by atoms with Gasteiger partial charge in [0, 0.05) is 0 Å². The first-order chi connectivity index (χ1) is 14.3. The summed E-state index contributed by atoms with van der Waals surface area (Å²) in [7, 11) is 1.54. The van der Waals surface area contributed by atoms with Gasteiger partial charge in [0.25, 0.3) is 5.91 Å². The first kappa shape index (κ1) is 21.9. The van der Waals surface area contributed by atoms with Gasteiger partial charge in [-0.2, -0.15) is 0 Å². The molecule has 0 radical (unpaired) electrons. The highest BCUT2D eigenvalue weighted by atomic mass is 32.2. The number of carboxylic acid groups (broad SMARTS) is 1. The Hall–Kier alpha value is -2.84. The molecule has 0 aromatic heterocycles. The van der Waals surface area contributed by atoms with Gasteiger partial charge in [0.1, 0.15) is 10.9 Å². The van der Waals surface area contributed by atoms with E-state index in [1.54, 1.807) is 31.4 Å². The summed E-state index contributed by atoms with van der Waals surface area (Å²) in [4.78, 5) is 25.1. The SMILES string of the molecule is COc1cc(C=C2SC(=S)N(C(C)C(=O)[O-])C2=O)ccc1OCc1ccccc1C. The van der Waals surface area contributed by atoms with E-state index in [4.69, 9.17) is 21.7 Å². The number of carboxylic acids is 1. The molecule has 156 valence electrons. The fraction of sp³-hybridized carbons (Fsp3) is 0.227. The third-order valence-electron chi connectivity index (χ3n) is 4.68. The maximum absolute atomic E-state index is 12.6. The van der Waals surface area contributed by atoms with Crippen molar-refractivity contribution in [3.8, 4) is 11.5 Å². The average molecular weight is 443 g/mol. The lowest BCUT2D eigenvalue weighted by Gasteiger charge is -2.23. The van der Waals surface area contributed by atoms with Crippen molar-refractivity contribution in [2.75, 3.05) is 7.11 Å². The van der Waals surface area contributed by atoms with Crippen molar-refractivity contribution in [3.63, 3.8) is 0 Å². The van der Waals surface area contributed by atoms with Crippen LogP contribution in [0.15, 0.2) is 47.4 Å². The highest BCUT2D eigenvalue weighted by Crippen LogP contribution is 2.35. The number of thiocarbonyl (C=S) groups is 1. The molecule has 0 spiro atoms. The molecule has 30 heavy (non-hydrogen) atoms. The minimum atomic E-state index is -1.36. The molecule has 2 aromatic carbocycles. The van der Waals surface area contributed by atoms with Gasteiger partial charge in [-0.1, -0.05) is 54.3 Å². The number of carbonyl (C=O) groups is 2. The smallest absolute Gasteiger partial charge is 0.266 e. The largest absolute Gasteiger partial charge is 0.548 e. The van der Waals surface area contributed by atoms with Crippen LogP contribution in [-0.2, 0) is 16.2 Å². The number of hydrogen-bond acceptors (Lipinski definition) is 7. The molecule has 3 rings (SSSR count). The van der Waals surface area contributed by atoms with Crippen molar-refractivity contribution < 1.29 is 24.2 Å². The van der Waals surface area contributed by atoms with E-state index in [0.29, 0.717) is 28.6 Å².